The SMILES string of the molecule is CC1=C(C)C(=O)N(CCNC2CCCCCC2)C1=O. The first-order chi connectivity index (χ1) is 9.11. The van der Waals surface area contributed by atoms with Gasteiger partial charge in [-0.1, -0.05) is 25.7 Å². The van der Waals surface area contributed by atoms with E-state index >= 15 is 0 Å². The van der Waals surface area contributed by atoms with Crippen LogP contribution in [0.4, 0.5) is 0 Å². The van der Waals surface area contributed by atoms with Crippen molar-refractivity contribution in [3.8, 4) is 0 Å². The molecule has 0 saturated heterocycles. The smallest absolute Gasteiger partial charge is 0.256 e. The Morgan fingerprint density at radius 3 is 2.05 bits per heavy atom. The van der Waals surface area contributed by atoms with E-state index in [4.69, 9.17) is 0 Å². The Morgan fingerprint density at radius 1 is 1.00 bits per heavy atom. The van der Waals surface area contributed by atoms with Gasteiger partial charge in [-0.05, 0) is 26.7 Å². The molecule has 0 aromatic carbocycles. The third-order valence-electron chi connectivity index (χ3n) is 4.32. The molecule has 2 amide bonds. The number of carbonyl (C=O) groups excluding carboxylic acids is 2. The van der Waals surface area contributed by atoms with Gasteiger partial charge in [-0.2, -0.15) is 0 Å². The molecule has 19 heavy (non-hydrogen) atoms. The van der Waals surface area contributed by atoms with Gasteiger partial charge in [-0.15, -0.1) is 0 Å². The minimum atomic E-state index is -0.120. The summed E-state index contributed by atoms with van der Waals surface area (Å²) < 4.78 is 0. The van der Waals surface area contributed by atoms with Gasteiger partial charge >= 0.3 is 0 Å². The zero-order valence-corrected chi connectivity index (χ0v) is 12.0. The van der Waals surface area contributed by atoms with Crippen molar-refractivity contribution in [3.63, 3.8) is 0 Å². The van der Waals surface area contributed by atoms with Crippen molar-refractivity contribution < 1.29 is 9.59 Å². The number of hydrogen-bond acceptors (Lipinski definition) is 3. The highest BCUT2D eigenvalue weighted by Crippen LogP contribution is 2.19. The number of imide groups is 1. The molecule has 0 aromatic heterocycles. The predicted molar refractivity (Wildman–Crippen MR) is 74.6 cm³/mol. The summed E-state index contributed by atoms with van der Waals surface area (Å²) in [4.78, 5) is 25.1. The van der Waals surface area contributed by atoms with Gasteiger partial charge in [-0.3, -0.25) is 14.5 Å². The van der Waals surface area contributed by atoms with Gasteiger partial charge in [0.15, 0.2) is 0 Å². The summed E-state index contributed by atoms with van der Waals surface area (Å²) in [5.74, 6) is -0.240. The lowest BCUT2D eigenvalue weighted by molar-refractivity contribution is -0.137. The van der Waals surface area contributed by atoms with Gasteiger partial charge in [0.25, 0.3) is 11.8 Å². The third kappa shape index (κ3) is 3.24. The molecule has 0 unspecified atom stereocenters. The number of nitrogens with zero attached hydrogens (tertiary/aromatic N) is 1. The Balaban J connectivity index is 1.77. The molecule has 1 saturated carbocycles. The van der Waals surface area contributed by atoms with E-state index in [1.807, 2.05) is 0 Å². The standard InChI is InChI=1S/C15H24N2O2/c1-11-12(2)15(19)17(14(11)18)10-9-16-13-7-5-3-4-6-8-13/h13,16H,3-10H2,1-2H3. The van der Waals surface area contributed by atoms with Crippen molar-refractivity contribution >= 4 is 11.8 Å². The molecule has 0 bridgehead atoms. The topological polar surface area (TPSA) is 49.4 Å². The maximum absolute atomic E-state index is 11.9. The molecule has 1 aliphatic carbocycles. The van der Waals surface area contributed by atoms with Gasteiger partial charge in [0.05, 0.1) is 0 Å². The highest BCUT2D eigenvalue weighted by atomic mass is 16.2. The van der Waals surface area contributed by atoms with Crippen LogP contribution in [-0.2, 0) is 9.59 Å². The number of hydrogen-bond donors (Lipinski definition) is 1. The average Bonchev–Trinajstić information content (AvgIpc) is 2.64. The normalized spacial score (nSPS) is 22.3. The second-order valence-corrected chi connectivity index (χ2v) is 5.65. The minimum absolute atomic E-state index is 0.120. The lowest BCUT2D eigenvalue weighted by Crippen LogP contribution is -2.40. The van der Waals surface area contributed by atoms with Crippen molar-refractivity contribution in [3.05, 3.63) is 11.1 Å². The van der Waals surface area contributed by atoms with E-state index in [9.17, 15) is 9.59 Å². The molecule has 1 fully saturated rings. The molecular weight excluding hydrogens is 240 g/mol. The second-order valence-electron chi connectivity index (χ2n) is 5.65. The van der Waals surface area contributed by atoms with Crippen molar-refractivity contribution in [2.24, 2.45) is 0 Å². The van der Waals surface area contributed by atoms with E-state index in [1.54, 1.807) is 13.8 Å². The Bertz CT molecular complexity index is 369. The summed E-state index contributed by atoms with van der Waals surface area (Å²) in [5, 5.41) is 3.49. The summed E-state index contributed by atoms with van der Waals surface area (Å²) in [6.45, 7) is 4.66. The van der Waals surface area contributed by atoms with Gasteiger partial charge < -0.3 is 5.32 Å². The van der Waals surface area contributed by atoms with E-state index in [-0.39, 0.29) is 11.8 Å². The average molecular weight is 264 g/mol. The molecule has 0 aromatic rings. The highest BCUT2D eigenvalue weighted by molar-refractivity contribution is 6.18. The fourth-order valence-corrected chi connectivity index (χ4v) is 2.88. The zero-order valence-electron chi connectivity index (χ0n) is 12.0. The maximum atomic E-state index is 11.9. The van der Waals surface area contributed by atoms with Crippen LogP contribution < -0.4 is 5.32 Å². The van der Waals surface area contributed by atoms with Crippen LogP contribution in [0.1, 0.15) is 52.4 Å². The van der Waals surface area contributed by atoms with Gasteiger partial charge in [0.1, 0.15) is 0 Å². The Kier molecular flexibility index (Phi) is 4.75. The zero-order chi connectivity index (χ0) is 13.8. The van der Waals surface area contributed by atoms with Crippen molar-refractivity contribution in [1.82, 2.24) is 10.2 Å². The molecule has 1 heterocycles. The molecule has 0 atom stereocenters. The first kappa shape index (κ1) is 14.3. The van der Waals surface area contributed by atoms with Crippen LogP contribution in [-0.4, -0.2) is 35.8 Å². The van der Waals surface area contributed by atoms with Crippen LogP contribution in [0, 0.1) is 0 Å². The molecule has 1 N–H and O–H groups in total. The predicted octanol–water partition coefficient (Wildman–Crippen LogP) is 2.00. The Labute approximate surface area is 115 Å². The monoisotopic (exact) mass is 264 g/mol. The molecule has 4 heteroatoms. The van der Waals surface area contributed by atoms with E-state index in [1.165, 1.54) is 43.4 Å². The first-order valence-corrected chi connectivity index (χ1v) is 7.38. The quantitative estimate of drug-likeness (QED) is 0.624. The van der Waals surface area contributed by atoms with Crippen molar-refractivity contribution in [2.75, 3.05) is 13.1 Å². The summed E-state index contributed by atoms with van der Waals surface area (Å²) in [5.41, 5.74) is 1.19. The molecular formula is C15H24N2O2. The lowest BCUT2D eigenvalue weighted by Gasteiger charge is -2.19. The van der Waals surface area contributed by atoms with Crippen LogP contribution in [0.15, 0.2) is 11.1 Å². The number of amides is 2. The third-order valence-corrected chi connectivity index (χ3v) is 4.32. The number of carbonyl (C=O) groups is 2. The molecule has 0 radical (unpaired) electrons. The van der Waals surface area contributed by atoms with E-state index in [0.29, 0.717) is 30.3 Å². The van der Waals surface area contributed by atoms with E-state index < -0.39 is 0 Å². The fourth-order valence-electron chi connectivity index (χ4n) is 2.88. The summed E-state index contributed by atoms with van der Waals surface area (Å²) in [7, 11) is 0. The van der Waals surface area contributed by atoms with E-state index in [2.05, 4.69) is 5.32 Å². The van der Waals surface area contributed by atoms with Crippen LogP contribution in [0.2, 0.25) is 0 Å². The Hall–Kier alpha value is -1.16. The summed E-state index contributed by atoms with van der Waals surface area (Å²) >= 11 is 0. The van der Waals surface area contributed by atoms with Gasteiger partial charge in [0.2, 0.25) is 0 Å². The molecule has 4 nitrogen and oxygen atoms in total. The first-order valence-electron chi connectivity index (χ1n) is 7.38. The van der Waals surface area contributed by atoms with Gasteiger partial charge in [-0.25, -0.2) is 0 Å². The molecule has 2 aliphatic rings. The van der Waals surface area contributed by atoms with Gasteiger partial charge in [0, 0.05) is 30.3 Å². The summed E-state index contributed by atoms with van der Waals surface area (Å²) in [6.07, 6.45) is 7.70. The van der Waals surface area contributed by atoms with Crippen molar-refractivity contribution in [1.29, 1.82) is 0 Å². The van der Waals surface area contributed by atoms with Crippen LogP contribution >= 0.6 is 0 Å². The van der Waals surface area contributed by atoms with Crippen LogP contribution in [0.5, 0.6) is 0 Å². The highest BCUT2D eigenvalue weighted by Gasteiger charge is 2.32. The largest absolute Gasteiger partial charge is 0.312 e. The Morgan fingerprint density at radius 2 is 1.53 bits per heavy atom. The molecule has 1 aliphatic heterocycles. The minimum Gasteiger partial charge on any atom is -0.312 e. The fraction of sp³-hybridized carbons (Fsp3) is 0.733. The number of nitrogens with one attached hydrogen (secondary N) is 1. The molecule has 106 valence electrons. The maximum Gasteiger partial charge on any atom is 0.256 e. The number of rotatable bonds is 4. The molecule has 0 spiro atoms. The second kappa shape index (κ2) is 6.33. The van der Waals surface area contributed by atoms with Crippen molar-refractivity contribution in [2.45, 2.75) is 58.4 Å². The van der Waals surface area contributed by atoms with Crippen LogP contribution in [0.25, 0.3) is 0 Å². The van der Waals surface area contributed by atoms with Crippen LogP contribution in [0.3, 0.4) is 0 Å². The van der Waals surface area contributed by atoms with E-state index in [0.717, 1.165) is 0 Å². The molecule has 2 rings (SSSR count). The lowest BCUT2D eigenvalue weighted by atomic mass is 10.1. The summed E-state index contributed by atoms with van der Waals surface area (Å²) in [6, 6.07) is 0.561.